The van der Waals surface area contributed by atoms with E-state index in [-0.39, 0.29) is 24.7 Å². The summed E-state index contributed by atoms with van der Waals surface area (Å²) in [6.45, 7) is 2.24. The molecule has 5 nitrogen and oxygen atoms in total. The third-order valence-electron chi connectivity index (χ3n) is 3.68. The molecule has 0 amide bonds. The summed E-state index contributed by atoms with van der Waals surface area (Å²) < 4.78 is 16.0. The van der Waals surface area contributed by atoms with Crippen molar-refractivity contribution in [2.24, 2.45) is 0 Å². The summed E-state index contributed by atoms with van der Waals surface area (Å²) in [6.07, 6.45) is 4.31. The summed E-state index contributed by atoms with van der Waals surface area (Å²) in [5.41, 5.74) is 1.75. The molecule has 1 N–H and O–H groups in total. The van der Waals surface area contributed by atoms with Crippen LogP contribution in [0.3, 0.4) is 0 Å². The molecule has 2 aromatic carbocycles. The largest absolute Gasteiger partial charge is 0.502 e. The minimum atomic E-state index is -0.470. The molecule has 134 valence electrons. The van der Waals surface area contributed by atoms with E-state index in [1.165, 1.54) is 12.3 Å². The maximum absolute atomic E-state index is 11.6. The Morgan fingerprint density at radius 1 is 1.27 bits per heavy atom. The van der Waals surface area contributed by atoms with E-state index < -0.39 is 5.97 Å². The van der Waals surface area contributed by atoms with Gasteiger partial charge in [-0.25, -0.2) is 4.79 Å². The van der Waals surface area contributed by atoms with E-state index in [1.807, 2.05) is 12.1 Å². The number of rotatable bonds is 6. The lowest BCUT2D eigenvalue weighted by atomic mass is 10.1. The molecule has 0 aliphatic rings. The van der Waals surface area contributed by atoms with Crippen molar-refractivity contribution >= 4 is 34.6 Å². The molecule has 3 aromatic rings. The highest BCUT2D eigenvalue weighted by atomic mass is 35.5. The number of furan rings is 1. The van der Waals surface area contributed by atoms with E-state index in [4.69, 9.17) is 25.5 Å². The topological polar surface area (TPSA) is 68.9 Å². The maximum atomic E-state index is 11.6. The highest BCUT2D eigenvalue weighted by Crippen LogP contribution is 2.39. The van der Waals surface area contributed by atoms with Crippen molar-refractivity contribution < 1.29 is 23.8 Å². The second kappa shape index (κ2) is 7.97. The lowest BCUT2D eigenvalue weighted by Crippen LogP contribution is -2.00. The Morgan fingerprint density at radius 2 is 2.04 bits per heavy atom. The predicted octanol–water partition coefficient (Wildman–Crippen LogP) is 4.95. The lowest BCUT2D eigenvalue weighted by Gasteiger charge is -2.12. The van der Waals surface area contributed by atoms with Gasteiger partial charge in [0.1, 0.15) is 6.61 Å². The van der Waals surface area contributed by atoms with Gasteiger partial charge in [-0.3, -0.25) is 0 Å². The van der Waals surface area contributed by atoms with Crippen molar-refractivity contribution in [2.45, 2.75) is 13.5 Å². The maximum Gasteiger partial charge on any atom is 0.330 e. The zero-order chi connectivity index (χ0) is 18.5. The Morgan fingerprint density at radius 3 is 2.77 bits per heavy atom. The van der Waals surface area contributed by atoms with E-state index in [0.717, 1.165) is 5.56 Å². The summed E-state index contributed by atoms with van der Waals surface area (Å²) in [4.78, 5) is 11.6. The van der Waals surface area contributed by atoms with Gasteiger partial charge in [-0.15, -0.1) is 0 Å². The number of phenols is 1. The number of aromatic hydroxyl groups is 1. The van der Waals surface area contributed by atoms with Gasteiger partial charge in [0.25, 0.3) is 0 Å². The number of ether oxygens (including phenoxy) is 2. The first-order valence-electron chi connectivity index (χ1n) is 8.03. The fraction of sp³-hybridized carbons (Fsp3) is 0.150. The number of hydrogen-bond donors (Lipinski definition) is 1. The van der Waals surface area contributed by atoms with Gasteiger partial charge in [-0.2, -0.15) is 0 Å². The molecule has 0 radical (unpaired) electrons. The summed E-state index contributed by atoms with van der Waals surface area (Å²) >= 11 is 5.88. The van der Waals surface area contributed by atoms with E-state index in [9.17, 15) is 9.90 Å². The van der Waals surface area contributed by atoms with Gasteiger partial charge in [-0.05, 0) is 42.8 Å². The van der Waals surface area contributed by atoms with Gasteiger partial charge in [-0.1, -0.05) is 23.7 Å². The fourth-order valence-corrected chi connectivity index (χ4v) is 2.58. The molecule has 0 spiro atoms. The first-order valence-corrected chi connectivity index (χ1v) is 8.41. The van der Waals surface area contributed by atoms with Gasteiger partial charge < -0.3 is 19.0 Å². The molecule has 1 aromatic heterocycles. The van der Waals surface area contributed by atoms with Crippen molar-refractivity contribution in [1.29, 1.82) is 0 Å². The average molecular weight is 373 g/mol. The van der Waals surface area contributed by atoms with Gasteiger partial charge in [0.2, 0.25) is 5.75 Å². The summed E-state index contributed by atoms with van der Waals surface area (Å²) in [7, 11) is 0. The molecule has 0 unspecified atom stereocenters. The molecular weight excluding hydrogens is 356 g/mol. The Kier molecular flexibility index (Phi) is 5.49. The number of benzene rings is 2. The van der Waals surface area contributed by atoms with Crippen LogP contribution in [0.4, 0.5) is 0 Å². The van der Waals surface area contributed by atoms with Crippen LogP contribution in [-0.4, -0.2) is 17.7 Å². The molecule has 0 saturated heterocycles. The van der Waals surface area contributed by atoms with Crippen LogP contribution in [0.2, 0.25) is 5.02 Å². The zero-order valence-electron chi connectivity index (χ0n) is 14.1. The Labute approximate surface area is 155 Å². The normalized spacial score (nSPS) is 11.2. The standard InChI is InChI=1S/C20H17ClO5/c1-2-24-17(22)8-5-14-11-15-9-10-25-19(15)18(23)20(14)26-12-13-3-6-16(21)7-4-13/h3-11,23H,2,12H2,1H3/b8-5+. The van der Waals surface area contributed by atoms with Crippen LogP contribution < -0.4 is 4.74 Å². The van der Waals surface area contributed by atoms with Crippen molar-refractivity contribution in [3.63, 3.8) is 0 Å². The molecule has 0 bridgehead atoms. The number of phenolic OH excluding ortho intramolecular Hbond substituents is 1. The van der Waals surface area contributed by atoms with Crippen LogP contribution in [0.25, 0.3) is 17.0 Å². The van der Waals surface area contributed by atoms with Crippen LogP contribution in [0.15, 0.2) is 53.2 Å². The molecule has 1 heterocycles. The smallest absolute Gasteiger partial charge is 0.330 e. The molecule has 0 saturated carbocycles. The number of esters is 1. The van der Waals surface area contributed by atoms with Crippen LogP contribution in [0, 0.1) is 0 Å². The molecule has 0 fully saturated rings. The van der Waals surface area contributed by atoms with Crippen LogP contribution >= 0.6 is 11.6 Å². The van der Waals surface area contributed by atoms with Gasteiger partial charge >= 0.3 is 5.97 Å². The SMILES string of the molecule is CCOC(=O)/C=C/c1cc2ccoc2c(O)c1OCc1ccc(Cl)cc1. The lowest BCUT2D eigenvalue weighted by molar-refractivity contribution is -0.137. The number of carbonyl (C=O) groups excluding carboxylic acids is 1. The second-order valence-corrected chi connectivity index (χ2v) is 5.92. The first-order chi connectivity index (χ1) is 12.6. The molecule has 26 heavy (non-hydrogen) atoms. The zero-order valence-corrected chi connectivity index (χ0v) is 14.8. The van der Waals surface area contributed by atoms with Crippen LogP contribution in [0.1, 0.15) is 18.1 Å². The first kappa shape index (κ1) is 17.9. The number of fused-ring (bicyclic) bond motifs is 1. The molecule has 0 atom stereocenters. The molecular formula is C20H17ClO5. The van der Waals surface area contributed by atoms with Gasteiger partial charge in [0.05, 0.1) is 12.9 Å². The van der Waals surface area contributed by atoms with Crippen molar-refractivity contribution in [3.8, 4) is 11.5 Å². The summed E-state index contributed by atoms with van der Waals surface area (Å²) in [5.74, 6) is -0.365. The van der Waals surface area contributed by atoms with E-state index in [1.54, 1.807) is 37.3 Å². The number of carbonyl (C=O) groups is 1. The fourth-order valence-electron chi connectivity index (χ4n) is 2.46. The molecule has 6 heteroatoms. The number of halogens is 1. The quantitative estimate of drug-likeness (QED) is 0.490. The van der Waals surface area contributed by atoms with Crippen LogP contribution in [-0.2, 0) is 16.1 Å². The van der Waals surface area contributed by atoms with Gasteiger partial charge in [0.15, 0.2) is 11.3 Å². The Balaban J connectivity index is 1.92. The molecule has 3 rings (SSSR count). The van der Waals surface area contributed by atoms with E-state index in [2.05, 4.69) is 0 Å². The molecule has 0 aliphatic heterocycles. The summed E-state index contributed by atoms with van der Waals surface area (Å²) in [5, 5.41) is 11.9. The van der Waals surface area contributed by atoms with Crippen LogP contribution in [0.5, 0.6) is 11.5 Å². The van der Waals surface area contributed by atoms with Gasteiger partial charge in [0, 0.05) is 22.0 Å². The summed E-state index contributed by atoms with van der Waals surface area (Å²) in [6, 6.07) is 10.7. The molecule has 0 aliphatic carbocycles. The monoisotopic (exact) mass is 372 g/mol. The third kappa shape index (κ3) is 4.00. The van der Waals surface area contributed by atoms with Crippen molar-refractivity contribution in [1.82, 2.24) is 0 Å². The average Bonchev–Trinajstić information content (AvgIpc) is 3.10. The van der Waals surface area contributed by atoms with Crippen molar-refractivity contribution in [3.05, 3.63) is 64.9 Å². The number of hydrogen-bond acceptors (Lipinski definition) is 5. The van der Waals surface area contributed by atoms with E-state index in [0.29, 0.717) is 21.6 Å². The predicted molar refractivity (Wildman–Crippen MR) is 99.3 cm³/mol. The van der Waals surface area contributed by atoms with E-state index >= 15 is 0 Å². The highest BCUT2D eigenvalue weighted by Gasteiger charge is 2.16. The highest BCUT2D eigenvalue weighted by molar-refractivity contribution is 6.30. The Hall–Kier alpha value is -2.92. The minimum absolute atomic E-state index is 0.120. The van der Waals surface area contributed by atoms with Crippen molar-refractivity contribution in [2.75, 3.05) is 6.61 Å². The Bertz CT molecular complexity index is 941. The second-order valence-electron chi connectivity index (χ2n) is 5.48. The third-order valence-corrected chi connectivity index (χ3v) is 3.93. The minimum Gasteiger partial charge on any atom is -0.502 e.